The van der Waals surface area contributed by atoms with Crippen molar-refractivity contribution < 1.29 is 9.90 Å². The summed E-state index contributed by atoms with van der Waals surface area (Å²) in [5.74, 6) is -0.312. The number of carbonyl (C=O) groups is 1. The standard InChI is InChI=1S/C13H16O2/c1-9-2-4-10(5-3-9)11-6-7-12(8-11)13(14)15/h2-5,11-12H,6-8H2,1H3,(H,14,15). The Labute approximate surface area is 89.9 Å². The lowest BCUT2D eigenvalue weighted by Crippen LogP contribution is -2.09. The summed E-state index contributed by atoms with van der Waals surface area (Å²) >= 11 is 0. The van der Waals surface area contributed by atoms with E-state index in [0.29, 0.717) is 5.92 Å². The molecule has 1 aromatic carbocycles. The molecule has 1 fully saturated rings. The van der Waals surface area contributed by atoms with Crippen LogP contribution in [0.15, 0.2) is 24.3 Å². The molecule has 0 saturated heterocycles. The van der Waals surface area contributed by atoms with E-state index in [1.165, 1.54) is 11.1 Å². The average Bonchev–Trinajstić information content (AvgIpc) is 2.68. The van der Waals surface area contributed by atoms with E-state index in [4.69, 9.17) is 5.11 Å². The molecule has 0 heterocycles. The second-order valence-electron chi connectivity index (χ2n) is 4.46. The van der Waals surface area contributed by atoms with Gasteiger partial charge in [-0.15, -0.1) is 0 Å². The van der Waals surface area contributed by atoms with Crippen LogP contribution >= 0.6 is 0 Å². The maximum atomic E-state index is 10.8. The first-order valence-electron chi connectivity index (χ1n) is 5.46. The molecule has 1 saturated carbocycles. The van der Waals surface area contributed by atoms with Crippen LogP contribution in [-0.2, 0) is 4.79 Å². The minimum Gasteiger partial charge on any atom is -0.481 e. The second kappa shape index (κ2) is 4.05. The van der Waals surface area contributed by atoms with Crippen molar-refractivity contribution in [1.82, 2.24) is 0 Å². The van der Waals surface area contributed by atoms with Gasteiger partial charge in [-0.05, 0) is 37.7 Å². The maximum Gasteiger partial charge on any atom is 0.306 e. The molecule has 2 nitrogen and oxygen atoms in total. The number of rotatable bonds is 2. The van der Waals surface area contributed by atoms with E-state index >= 15 is 0 Å². The Morgan fingerprint density at radius 1 is 1.27 bits per heavy atom. The first-order valence-corrected chi connectivity index (χ1v) is 5.46. The molecule has 15 heavy (non-hydrogen) atoms. The molecular formula is C13H16O2. The summed E-state index contributed by atoms with van der Waals surface area (Å²) in [7, 11) is 0. The molecule has 80 valence electrons. The van der Waals surface area contributed by atoms with Gasteiger partial charge in [-0.1, -0.05) is 29.8 Å². The zero-order valence-corrected chi connectivity index (χ0v) is 8.94. The highest BCUT2D eigenvalue weighted by Gasteiger charge is 2.30. The van der Waals surface area contributed by atoms with E-state index in [9.17, 15) is 4.79 Å². The van der Waals surface area contributed by atoms with Crippen molar-refractivity contribution in [2.75, 3.05) is 0 Å². The zero-order valence-electron chi connectivity index (χ0n) is 8.94. The number of aryl methyl sites for hydroxylation is 1. The van der Waals surface area contributed by atoms with Crippen LogP contribution in [0.4, 0.5) is 0 Å². The summed E-state index contributed by atoms with van der Waals surface area (Å²) in [6.07, 6.45) is 2.65. The zero-order chi connectivity index (χ0) is 10.8. The monoisotopic (exact) mass is 204 g/mol. The van der Waals surface area contributed by atoms with Gasteiger partial charge in [-0.25, -0.2) is 0 Å². The molecule has 1 aliphatic carbocycles. The predicted octanol–water partition coefficient (Wildman–Crippen LogP) is 2.96. The van der Waals surface area contributed by atoms with Crippen molar-refractivity contribution in [2.45, 2.75) is 32.1 Å². The van der Waals surface area contributed by atoms with Gasteiger partial charge in [0.2, 0.25) is 0 Å². The highest BCUT2D eigenvalue weighted by Crippen LogP contribution is 2.38. The number of hydrogen-bond donors (Lipinski definition) is 1. The Balaban J connectivity index is 2.07. The smallest absolute Gasteiger partial charge is 0.306 e. The average molecular weight is 204 g/mol. The molecule has 0 radical (unpaired) electrons. The number of carboxylic acids is 1. The number of aliphatic carboxylic acids is 1. The normalized spacial score (nSPS) is 25.4. The number of benzene rings is 1. The fourth-order valence-electron chi connectivity index (χ4n) is 2.35. The van der Waals surface area contributed by atoms with Crippen LogP contribution in [0.2, 0.25) is 0 Å². The fraction of sp³-hybridized carbons (Fsp3) is 0.462. The maximum absolute atomic E-state index is 10.8. The molecule has 0 aliphatic heterocycles. The molecule has 2 unspecified atom stereocenters. The van der Waals surface area contributed by atoms with Gasteiger partial charge in [-0.2, -0.15) is 0 Å². The van der Waals surface area contributed by atoms with Gasteiger partial charge in [-0.3, -0.25) is 4.79 Å². The van der Waals surface area contributed by atoms with Crippen molar-refractivity contribution in [3.05, 3.63) is 35.4 Å². The summed E-state index contributed by atoms with van der Waals surface area (Å²) in [5.41, 5.74) is 2.55. The van der Waals surface area contributed by atoms with E-state index in [2.05, 4.69) is 31.2 Å². The van der Waals surface area contributed by atoms with E-state index in [-0.39, 0.29) is 5.92 Å². The summed E-state index contributed by atoms with van der Waals surface area (Å²) in [4.78, 5) is 10.8. The quantitative estimate of drug-likeness (QED) is 0.804. The Morgan fingerprint density at radius 3 is 2.47 bits per heavy atom. The number of carboxylic acid groups (broad SMARTS) is 1. The van der Waals surface area contributed by atoms with E-state index < -0.39 is 5.97 Å². The van der Waals surface area contributed by atoms with E-state index in [0.717, 1.165) is 19.3 Å². The van der Waals surface area contributed by atoms with Gasteiger partial charge in [0, 0.05) is 0 Å². The van der Waals surface area contributed by atoms with Gasteiger partial charge < -0.3 is 5.11 Å². The molecule has 0 amide bonds. The Bertz CT molecular complexity index is 353. The lowest BCUT2D eigenvalue weighted by Gasteiger charge is -2.09. The van der Waals surface area contributed by atoms with Crippen LogP contribution in [0.25, 0.3) is 0 Å². The third-order valence-electron chi connectivity index (χ3n) is 3.33. The van der Waals surface area contributed by atoms with Crippen molar-refractivity contribution in [3.8, 4) is 0 Å². The minimum absolute atomic E-state index is 0.128. The molecular weight excluding hydrogens is 188 g/mol. The summed E-state index contributed by atoms with van der Waals surface area (Å²) in [6.45, 7) is 2.07. The molecule has 2 rings (SSSR count). The van der Waals surface area contributed by atoms with E-state index in [1.807, 2.05) is 0 Å². The molecule has 0 bridgehead atoms. The van der Waals surface area contributed by atoms with Gasteiger partial charge in [0.1, 0.15) is 0 Å². The first-order chi connectivity index (χ1) is 7.16. The minimum atomic E-state index is -0.635. The molecule has 0 aromatic heterocycles. The van der Waals surface area contributed by atoms with Gasteiger partial charge in [0.15, 0.2) is 0 Å². The lowest BCUT2D eigenvalue weighted by molar-refractivity contribution is -0.141. The van der Waals surface area contributed by atoms with Gasteiger partial charge >= 0.3 is 5.97 Å². The lowest BCUT2D eigenvalue weighted by atomic mass is 9.95. The highest BCUT2D eigenvalue weighted by atomic mass is 16.4. The largest absolute Gasteiger partial charge is 0.481 e. The first kappa shape index (κ1) is 10.2. The van der Waals surface area contributed by atoms with Crippen LogP contribution in [0, 0.1) is 12.8 Å². The van der Waals surface area contributed by atoms with Crippen LogP contribution in [0.1, 0.15) is 36.3 Å². The fourth-order valence-corrected chi connectivity index (χ4v) is 2.35. The van der Waals surface area contributed by atoms with E-state index in [1.54, 1.807) is 0 Å². The SMILES string of the molecule is Cc1ccc(C2CCC(C(=O)O)C2)cc1. The molecule has 2 heteroatoms. The third-order valence-corrected chi connectivity index (χ3v) is 3.33. The Kier molecular flexibility index (Phi) is 2.76. The summed E-state index contributed by atoms with van der Waals surface area (Å²) in [6, 6.07) is 8.46. The molecule has 1 aliphatic rings. The summed E-state index contributed by atoms with van der Waals surface area (Å²) < 4.78 is 0. The van der Waals surface area contributed by atoms with Crippen molar-refractivity contribution in [3.63, 3.8) is 0 Å². The summed E-state index contributed by atoms with van der Waals surface area (Å²) in [5, 5.41) is 8.92. The van der Waals surface area contributed by atoms with Crippen molar-refractivity contribution in [1.29, 1.82) is 0 Å². The van der Waals surface area contributed by atoms with Crippen molar-refractivity contribution in [2.24, 2.45) is 5.92 Å². The van der Waals surface area contributed by atoms with Crippen LogP contribution in [0.5, 0.6) is 0 Å². The second-order valence-corrected chi connectivity index (χ2v) is 4.46. The van der Waals surface area contributed by atoms with Crippen LogP contribution < -0.4 is 0 Å². The van der Waals surface area contributed by atoms with Crippen LogP contribution in [0.3, 0.4) is 0 Å². The van der Waals surface area contributed by atoms with Gasteiger partial charge in [0.05, 0.1) is 5.92 Å². The Morgan fingerprint density at radius 2 is 1.93 bits per heavy atom. The molecule has 1 N–H and O–H groups in total. The third kappa shape index (κ3) is 2.20. The Hall–Kier alpha value is -1.31. The molecule has 1 aromatic rings. The topological polar surface area (TPSA) is 37.3 Å². The highest BCUT2D eigenvalue weighted by molar-refractivity contribution is 5.70. The van der Waals surface area contributed by atoms with Gasteiger partial charge in [0.25, 0.3) is 0 Å². The predicted molar refractivity (Wildman–Crippen MR) is 58.9 cm³/mol. The molecule has 0 spiro atoms. The molecule has 2 atom stereocenters. The number of hydrogen-bond acceptors (Lipinski definition) is 1. The van der Waals surface area contributed by atoms with Crippen LogP contribution in [-0.4, -0.2) is 11.1 Å². The van der Waals surface area contributed by atoms with Crippen molar-refractivity contribution >= 4 is 5.97 Å².